The minimum atomic E-state index is -1.26. The van der Waals surface area contributed by atoms with Crippen molar-refractivity contribution < 1.29 is 19.7 Å². The van der Waals surface area contributed by atoms with Crippen molar-refractivity contribution in [2.75, 3.05) is 7.11 Å². The summed E-state index contributed by atoms with van der Waals surface area (Å²) in [5.74, 6) is -0.683. The first-order valence-electron chi connectivity index (χ1n) is 4.28. The molecule has 0 heterocycles. The molecular weight excluding hydrogens is 264 g/mol. The van der Waals surface area contributed by atoms with Crippen molar-refractivity contribution in [3.8, 4) is 5.75 Å². The Morgan fingerprint density at radius 1 is 1.60 bits per heavy atom. The number of phenolic OH excluding ortho intramolecular Hbond substituents is 1. The Morgan fingerprint density at radius 2 is 2.27 bits per heavy atom. The Hall–Kier alpha value is -1.07. The molecule has 0 aliphatic carbocycles. The van der Waals surface area contributed by atoms with Crippen LogP contribution in [0.3, 0.4) is 0 Å². The fraction of sp³-hybridized carbons (Fsp3) is 0.300. The average molecular weight is 275 g/mol. The molecule has 4 nitrogen and oxygen atoms in total. The van der Waals surface area contributed by atoms with E-state index in [9.17, 15) is 15.0 Å². The molecule has 1 aromatic rings. The van der Waals surface area contributed by atoms with Crippen molar-refractivity contribution in [2.45, 2.75) is 12.5 Å². The second-order valence-electron chi connectivity index (χ2n) is 2.98. The number of hydrogen-bond donors (Lipinski definition) is 2. The van der Waals surface area contributed by atoms with Gasteiger partial charge in [0.1, 0.15) is 5.75 Å². The monoisotopic (exact) mass is 274 g/mol. The molecule has 0 saturated heterocycles. The van der Waals surface area contributed by atoms with Crippen LogP contribution in [0.15, 0.2) is 22.7 Å². The lowest BCUT2D eigenvalue weighted by Crippen LogP contribution is -2.24. The Labute approximate surface area is 95.6 Å². The number of carbonyl (C=O) groups excluding carboxylic acids is 1. The van der Waals surface area contributed by atoms with Gasteiger partial charge in [-0.1, -0.05) is 22.0 Å². The van der Waals surface area contributed by atoms with Crippen LogP contribution in [0, 0.1) is 0 Å². The molecule has 15 heavy (non-hydrogen) atoms. The highest BCUT2D eigenvalue weighted by molar-refractivity contribution is 9.10. The van der Waals surface area contributed by atoms with Gasteiger partial charge in [0.2, 0.25) is 0 Å². The van der Waals surface area contributed by atoms with Crippen LogP contribution in [-0.2, 0) is 16.0 Å². The molecule has 0 radical (unpaired) electrons. The number of halogens is 1. The number of phenols is 1. The fourth-order valence-corrected chi connectivity index (χ4v) is 1.68. The van der Waals surface area contributed by atoms with E-state index in [4.69, 9.17) is 0 Å². The lowest BCUT2D eigenvalue weighted by atomic mass is 10.1. The lowest BCUT2D eigenvalue weighted by molar-refractivity contribution is -0.150. The van der Waals surface area contributed by atoms with Crippen LogP contribution in [0.2, 0.25) is 0 Å². The predicted molar refractivity (Wildman–Crippen MR) is 57.5 cm³/mol. The summed E-state index contributed by atoms with van der Waals surface area (Å²) in [4.78, 5) is 11.0. The summed E-state index contributed by atoms with van der Waals surface area (Å²) in [6, 6.07) is 4.87. The van der Waals surface area contributed by atoms with E-state index in [0.717, 1.165) is 0 Å². The molecule has 1 rings (SSSR count). The van der Waals surface area contributed by atoms with E-state index in [-0.39, 0.29) is 12.2 Å². The number of rotatable bonds is 3. The van der Waals surface area contributed by atoms with E-state index in [0.29, 0.717) is 10.0 Å². The Kier molecular flexibility index (Phi) is 4.11. The van der Waals surface area contributed by atoms with Crippen molar-refractivity contribution in [3.05, 3.63) is 28.2 Å². The largest absolute Gasteiger partial charge is 0.508 e. The smallest absolute Gasteiger partial charge is 0.335 e. The zero-order chi connectivity index (χ0) is 11.4. The molecule has 0 bridgehead atoms. The van der Waals surface area contributed by atoms with Crippen LogP contribution in [-0.4, -0.2) is 29.4 Å². The number of aliphatic hydroxyl groups excluding tert-OH is 1. The molecule has 2 N–H and O–H groups in total. The summed E-state index contributed by atoms with van der Waals surface area (Å²) in [7, 11) is 1.20. The number of benzene rings is 1. The number of esters is 1. The van der Waals surface area contributed by atoms with E-state index < -0.39 is 12.1 Å². The van der Waals surface area contributed by atoms with Gasteiger partial charge in [0.25, 0.3) is 0 Å². The number of carbonyl (C=O) groups is 1. The average Bonchev–Trinajstić information content (AvgIpc) is 2.22. The molecule has 82 valence electrons. The molecule has 1 atom stereocenters. The molecule has 0 saturated carbocycles. The number of aromatic hydroxyl groups is 1. The van der Waals surface area contributed by atoms with Crippen LogP contribution in [0.25, 0.3) is 0 Å². The second kappa shape index (κ2) is 5.14. The van der Waals surface area contributed by atoms with Crippen molar-refractivity contribution in [1.29, 1.82) is 0 Å². The van der Waals surface area contributed by atoms with Crippen molar-refractivity contribution in [3.63, 3.8) is 0 Å². The predicted octanol–water partition coefficient (Wildman–Crippen LogP) is 1.23. The van der Waals surface area contributed by atoms with Crippen molar-refractivity contribution in [1.82, 2.24) is 0 Å². The lowest BCUT2D eigenvalue weighted by Gasteiger charge is -2.10. The van der Waals surface area contributed by atoms with Gasteiger partial charge in [-0.2, -0.15) is 0 Å². The first-order chi connectivity index (χ1) is 7.06. The minimum absolute atomic E-state index is 0.0138. The van der Waals surface area contributed by atoms with Crippen LogP contribution >= 0.6 is 15.9 Å². The van der Waals surface area contributed by atoms with Crippen molar-refractivity contribution in [2.24, 2.45) is 0 Å². The maximum absolute atomic E-state index is 11.0. The minimum Gasteiger partial charge on any atom is -0.508 e. The van der Waals surface area contributed by atoms with E-state index in [1.165, 1.54) is 13.2 Å². The molecule has 0 aromatic heterocycles. The molecule has 5 heteroatoms. The number of ether oxygens (including phenoxy) is 1. The number of aliphatic hydroxyl groups is 1. The molecule has 0 spiro atoms. The molecule has 1 unspecified atom stereocenters. The van der Waals surface area contributed by atoms with Crippen LogP contribution in [0.5, 0.6) is 5.75 Å². The first kappa shape index (κ1) is 12.0. The Balaban J connectivity index is 2.85. The Bertz CT molecular complexity index is 344. The quantitative estimate of drug-likeness (QED) is 0.814. The summed E-state index contributed by atoms with van der Waals surface area (Å²) in [6.07, 6.45) is -1.25. The van der Waals surface area contributed by atoms with E-state index >= 15 is 0 Å². The zero-order valence-corrected chi connectivity index (χ0v) is 9.69. The zero-order valence-electron chi connectivity index (χ0n) is 8.11. The number of hydrogen-bond acceptors (Lipinski definition) is 4. The molecule has 0 aliphatic rings. The highest BCUT2D eigenvalue weighted by atomic mass is 79.9. The van der Waals surface area contributed by atoms with Gasteiger partial charge >= 0.3 is 5.97 Å². The maximum Gasteiger partial charge on any atom is 0.335 e. The second-order valence-corrected chi connectivity index (χ2v) is 3.83. The van der Waals surface area contributed by atoms with Crippen LogP contribution < -0.4 is 0 Å². The highest BCUT2D eigenvalue weighted by Gasteiger charge is 2.19. The summed E-state index contributed by atoms with van der Waals surface area (Å²) in [5.41, 5.74) is 0.482. The van der Waals surface area contributed by atoms with Gasteiger partial charge in [-0.25, -0.2) is 4.79 Å². The first-order valence-corrected chi connectivity index (χ1v) is 5.07. The normalized spacial score (nSPS) is 12.2. The van der Waals surface area contributed by atoms with Gasteiger partial charge in [-0.3, -0.25) is 0 Å². The molecular formula is C10H11BrO4. The fourth-order valence-electron chi connectivity index (χ4n) is 1.16. The van der Waals surface area contributed by atoms with E-state index in [1.807, 2.05) is 0 Å². The molecule has 0 aliphatic heterocycles. The van der Waals surface area contributed by atoms with Gasteiger partial charge in [0, 0.05) is 16.5 Å². The standard InChI is InChI=1S/C10H11BrO4/c1-15-10(14)9(13)5-6-7(11)3-2-4-8(6)12/h2-4,9,12-13H,5H2,1H3. The molecule has 1 aromatic carbocycles. The van der Waals surface area contributed by atoms with E-state index in [2.05, 4.69) is 20.7 Å². The summed E-state index contributed by atoms with van der Waals surface area (Å²) in [6.45, 7) is 0. The van der Waals surface area contributed by atoms with Gasteiger partial charge < -0.3 is 14.9 Å². The Morgan fingerprint density at radius 3 is 2.80 bits per heavy atom. The molecule has 0 fully saturated rings. The van der Waals surface area contributed by atoms with Gasteiger partial charge in [0.15, 0.2) is 6.10 Å². The molecule has 0 amide bonds. The van der Waals surface area contributed by atoms with Crippen molar-refractivity contribution >= 4 is 21.9 Å². The third-order valence-corrected chi connectivity index (χ3v) is 2.71. The van der Waals surface area contributed by atoms with Gasteiger partial charge in [-0.15, -0.1) is 0 Å². The van der Waals surface area contributed by atoms with Gasteiger partial charge in [0.05, 0.1) is 7.11 Å². The van der Waals surface area contributed by atoms with Crippen LogP contribution in [0.4, 0.5) is 0 Å². The topological polar surface area (TPSA) is 66.8 Å². The van der Waals surface area contributed by atoms with Gasteiger partial charge in [-0.05, 0) is 12.1 Å². The number of methoxy groups -OCH3 is 1. The third kappa shape index (κ3) is 2.94. The maximum atomic E-state index is 11.0. The van der Waals surface area contributed by atoms with Crippen LogP contribution in [0.1, 0.15) is 5.56 Å². The SMILES string of the molecule is COC(=O)C(O)Cc1c(O)cccc1Br. The highest BCUT2D eigenvalue weighted by Crippen LogP contribution is 2.26. The summed E-state index contributed by atoms with van der Waals surface area (Å²) < 4.78 is 5.02. The van der Waals surface area contributed by atoms with E-state index in [1.54, 1.807) is 12.1 Å². The summed E-state index contributed by atoms with van der Waals surface area (Å²) in [5, 5.41) is 18.9. The summed E-state index contributed by atoms with van der Waals surface area (Å²) >= 11 is 3.22. The third-order valence-electron chi connectivity index (χ3n) is 1.96.